The Balaban J connectivity index is 1.86. The van der Waals surface area contributed by atoms with Crippen LogP contribution in [0.5, 0.6) is 0 Å². The minimum Gasteiger partial charge on any atom is -0.394 e. The standard InChI is InChI=1S/C24H48N6O11/c25-6-2-1-3-11(32)22(37)30-15-17(34)14(29)20(40-23-10(27)5-4-9(7-26)38-23)19(36)21(15)41-24-18(35)13(28)16(33)12(8-31)39-24/h9-21,23-24,31-36H,1-8,25-29H2,(H,30,37)/t9?,10?,11-,12?,13-,14-,15+,16-,17?,18?,19?,20?,21+,23-,24-/m0/s1. The average Bonchev–Trinajstić information content (AvgIpc) is 2.96. The van der Waals surface area contributed by atoms with Crippen LogP contribution in [0.2, 0.25) is 0 Å². The average molecular weight is 597 g/mol. The van der Waals surface area contributed by atoms with Crippen LogP contribution in [0.4, 0.5) is 0 Å². The van der Waals surface area contributed by atoms with E-state index in [1.54, 1.807) is 0 Å². The monoisotopic (exact) mass is 596 g/mol. The molecular formula is C24H48N6O11. The second-order valence-corrected chi connectivity index (χ2v) is 11.0. The van der Waals surface area contributed by atoms with Crippen LogP contribution in [-0.2, 0) is 23.7 Å². The van der Waals surface area contributed by atoms with Gasteiger partial charge in [0.05, 0.1) is 43.0 Å². The fourth-order valence-corrected chi connectivity index (χ4v) is 5.35. The zero-order chi connectivity index (χ0) is 30.4. The number of nitrogens with two attached hydrogens (primary N) is 5. The van der Waals surface area contributed by atoms with E-state index in [-0.39, 0.29) is 19.1 Å². The summed E-state index contributed by atoms with van der Waals surface area (Å²) in [5.41, 5.74) is 29.5. The van der Waals surface area contributed by atoms with Gasteiger partial charge in [0.2, 0.25) is 5.91 Å². The molecule has 1 aliphatic carbocycles. The molecule has 3 rings (SSSR count). The molecule has 240 valence electrons. The Bertz CT molecular complexity index is 818. The van der Waals surface area contributed by atoms with Crippen LogP contribution in [0.3, 0.4) is 0 Å². The van der Waals surface area contributed by atoms with Crippen molar-refractivity contribution in [3.8, 4) is 0 Å². The zero-order valence-corrected chi connectivity index (χ0v) is 22.9. The lowest BCUT2D eigenvalue weighted by Crippen LogP contribution is -2.74. The Hall–Kier alpha value is -1.13. The largest absolute Gasteiger partial charge is 0.394 e. The molecule has 2 heterocycles. The Labute approximate surface area is 238 Å². The maximum Gasteiger partial charge on any atom is 0.249 e. The smallest absolute Gasteiger partial charge is 0.249 e. The van der Waals surface area contributed by atoms with Crippen LogP contribution in [0.15, 0.2) is 0 Å². The van der Waals surface area contributed by atoms with Crippen molar-refractivity contribution >= 4 is 5.91 Å². The number of carbonyl (C=O) groups is 1. The molecule has 17 nitrogen and oxygen atoms in total. The SMILES string of the molecule is NCCCC[C@H](O)C(=O)N[C@@H]1C(O)[C@H](N)C(O[C@@H]2OC(CN)CCC2N)C(O)[C@@H]1O[C@@H]1OC(CO)[C@H](O)[C@H](N)C1O. The third-order valence-electron chi connectivity index (χ3n) is 7.99. The van der Waals surface area contributed by atoms with Crippen molar-refractivity contribution in [2.24, 2.45) is 28.7 Å². The molecule has 1 amide bonds. The van der Waals surface area contributed by atoms with Gasteiger partial charge in [-0.05, 0) is 38.6 Å². The minimum atomic E-state index is -1.67. The first kappa shape index (κ1) is 34.4. The number of amides is 1. The summed E-state index contributed by atoms with van der Waals surface area (Å²) in [6, 6.07) is -4.63. The lowest BCUT2D eigenvalue weighted by molar-refractivity contribution is -0.319. The van der Waals surface area contributed by atoms with Crippen LogP contribution in [0.1, 0.15) is 32.1 Å². The van der Waals surface area contributed by atoms with Gasteiger partial charge in [0.1, 0.15) is 42.7 Å². The molecule has 2 saturated heterocycles. The van der Waals surface area contributed by atoms with E-state index in [9.17, 15) is 35.4 Å². The van der Waals surface area contributed by atoms with E-state index in [0.717, 1.165) is 0 Å². The highest BCUT2D eigenvalue weighted by molar-refractivity contribution is 5.80. The van der Waals surface area contributed by atoms with E-state index in [1.807, 2.05) is 0 Å². The van der Waals surface area contributed by atoms with Crippen molar-refractivity contribution in [3.05, 3.63) is 0 Å². The van der Waals surface area contributed by atoms with Gasteiger partial charge in [-0.15, -0.1) is 0 Å². The molecule has 2 aliphatic heterocycles. The summed E-state index contributed by atoms with van der Waals surface area (Å²) >= 11 is 0. The molecule has 17 heteroatoms. The highest BCUT2D eigenvalue weighted by atomic mass is 16.7. The summed E-state index contributed by atoms with van der Waals surface area (Å²) < 4.78 is 23.1. The Morgan fingerprint density at radius 3 is 2.20 bits per heavy atom. The maximum absolute atomic E-state index is 12.8. The maximum atomic E-state index is 12.8. The molecule has 0 radical (unpaired) electrons. The number of aliphatic hydroxyl groups excluding tert-OH is 6. The molecule has 0 aromatic carbocycles. The first-order valence-corrected chi connectivity index (χ1v) is 14.0. The van der Waals surface area contributed by atoms with Crippen LogP contribution >= 0.6 is 0 Å². The predicted molar refractivity (Wildman–Crippen MR) is 141 cm³/mol. The quantitative estimate of drug-likeness (QED) is 0.0931. The van der Waals surface area contributed by atoms with E-state index >= 15 is 0 Å². The fourth-order valence-electron chi connectivity index (χ4n) is 5.35. The Morgan fingerprint density at radius 2 is 1.56 bits per heavy atom. The molecule has 0 aromatic heterocycles. The number of rotatable bonds is 12. The predicted octanol–water partition coefficient (Wildman–Crippen LogP) is -6.65. The molecular weight excluding hydrogens is 548 g/mol. The van der Waals surface area contributed by atoms with E-state index in [2.05, 4.69) is 5.32 Å². The van der Waals surface area contributed by atoms with E-state index < -0.39 is 98.1 Å². The van der Waals surface area contributed by atoms with E-state index in [1.165, 1.54) is 0 Å². The van der Waals surface area contributed by atoms with Gasteiger partial charge >= 0.3 is 0 Å². The third kappa shape index (κ3) is 8.08. The lowest BCUT2D eigenvalue weighted by atomic mass is 9.81. The van der Waals surface area contributed by atoms with E-state index in [0.29, 0.717) is 32.2 Å². The number of hydrogen-bond acceptors (Lipinski definition) is 16. The summed E-state index contributed by atoms with van der Waals surface area (Å²) in [7, 11) is 0. The van der Waals surface area contributed by atoms with Gasteiger partial charge in [0, 0.05) is 6.54 Å². The van der Waals surface area contributed by atoms with Crippen molar-refractivity contribution in [1.82, 2.24) is 5.32 Å². The topological polar surface area (TPSA) is 317 Å². The van der Waals surface area contributed by atoms with Crippen molar-refractivity contribution in [3.63, 3.8) is 0 Å². The molecule has 1 saturated carbocycles. The second kappa shape index (κ2) is 15.6. The van der Waals surface area contributed by atoms with Crippen LogP contribution < -0.4 is 34.0 Å². The number of nitrogens with one attached hydrogen (secondary N) is 1. The summed E-state index contributed by atoms with van der Waals surface area (Å²) in [4.78, 5) is 12.8. The summed E-state index contributed by atoms with van der Waals surface area (Å²) in [6.07, 6.45) is -12.7. The molecule has 0 bridgehead atoms. The first-order chi connectivity index (χ1) is 19.4. The normalized spacial score (nSPS) is 44.4. The second-order valence-electron chi connectivity index (χ2n) is 11.0. The van der Waals surface area contributed by atoms with Crippen molar-refractivity contribution in [1.29, 1.82) is 0 Å². The highest BCUT2D eigenvalue weighted by Gasteiger charge is 2.54. The molecule has 7 unspecified atom stereocenters. The molecule has 41 heavy (non-hydrogen) atoms. The fraction of sp³-hybridized carbons (Fsp3) is 0.958. The number of unbranched alkanes of at least 4 members (excludes halogenated alkanes) is 1. The summed E-state index contributed by atoms with van der Waals surface area (Å²) in [6.45, 7) is -0.0803. The van der Waals surface area contributed by atoms with Gasteiger partial charge in [-0.1, -0.05) is 0 Å². The van der Waals surface area contributed by atoms with Crippen molar-refractivity contribution in [2.75, 3.05) is 19.7 Å². The first-order valence-electron chi connectivity index (χ1n) is 14.0. The lowest BCUT2D eigenvalue weighted by Gasteiger charge is -2.50. The van der Waals surface area contributed by atoms with Gasteiger partial charge < -0.3 is 83.6 Å². The summed E-state index contributed by atoms with van der Waals surface area (Å²) in [5, 5.41) is 65.9. The van der Waals surface area contributed by atoms with Gasteiger partial charge in [-0.3, -0.25) is 4.79 Å². The number of ether oxygens (including phenoxy) is 4. The zero-order valence-electron chi connectivity index (χ0n) is 22.9. The Morgan fingerprint density at radius 1 is 0.878 bits per heavy atom. The van der Waals surface area contributed by atoms with Crippen LogP contribution in [-0.4, -0.2) is 148 Å². The molecule has 17 N–H and O–H groups in total. The molecule has 3 fully saturated rings. The molecule has 15 atom stereocenters. The third-order valence-corrected chi connectivity index (χ3v) is 7.99. The number of carbonyl (C=O) groups excluding carboxylic acids is 1. The molecule has 0 spiro atoms. The number of hydrogen-bond donors (Lipinski definition) is 12. The Kier molecular flexibility index (Phi) is 13.0. The molecule has 0 aromatic rings. The van der Waals surface area contributed by atoms with Crippen LogP contribution in [0, 0.1) is 0 Å². The van der Waals surface area contributed by atoms with Crippen molar-refractivity contribution < 1.29 is 54.4 Å². The van der Waals surface area contributed by atoms with Gasteiger partial charge in [-0.2, -0.15) is 0 Å². The van der Waals surface area contributed by atoms with Gasteiger partial charge in [0.15, 0.2) is 12.6 Å². The van der Waals surface area contributed by atoms with Crippen molar-refractivity contribution in [2.45, 2.75) is 124 Å². The minimum absolute atomic E-state index is 0.0896. The van der Waals surface area contributed by atoms with Gasteiger partial charge in [-0.25, -0.2) is 0 Å². The van der Waals surface area contributed by atoms with Gasteiger partial charge in [0.25, 0.3) is 0 Å². The summed E-state index contributed by atoms with van der Waals surface area (Å²) in [5.74, 6) is -0.868. The van der Waals surface area contributed by atoms with Crippen LogP contribution in [0.25, 0.3) is 0 Å². The van der Waals surface area contributed by atoms with E-state index in [4.69, 9.17) is 47.6 Å². The highest BCUT2D eigenvalue weighted by Crippen LogP contribution is 2.32. The molecule has 3 aliphatic rings. The number of aliphatic hydroxyl groups is 6.